The second-order valence-electron chi connectivity index (χ2n) is 7.85. The van der Waals surface area contributed by atoms with Crippen LogP contribution in [0.1, 0.15) is 58.3 Å². The first-order valence-electron chi connectivity index (χ1n) is 10.3. The number of ether oxygens (including phenoxy) is 2. The summed E-state index contributed by atoms with van der Waals surface area (Å²) in [5, 5.41) is 0. The summed E-state index contributed by atoms with van der Waals surface area (Å²) in [4.78, 5) is 9.54. The van der Waals surface area contributed by atoms with Gasteiger partial charge in [0.15, 0.2) is 0 Å². The number of unbranched alkanes of at least 4 members (excludes halogenated alkanes) is 7. The first kappa shape index (κ1) is 27.0. The fourth-order valence-corrected chi connectivity index (χ4v) is 3.03. The molecule has 0 heterocycles. The summed E-state index contributed by atoms with van der Waals surface area (Å²) in [5.41, 5.74) is 0. The molecule has 0 aromatic carbocycles. The van der Waals surface area contributed by atoms with E-state index in [0.717, 1.165) is 13.0 Å². The third-order valence-electron chi connectivity index (χ3n) is 4.01. The van der Waals surface area contributed by atoms with Gasteiger partial charge in [0, 0.05) is 6.61 Å². The zero-order valence-electron chi connectivity index (χ0n) is 18.0. The molecule has 1 unspecified atom stereocenters. The van der Waals surface area contributed by atoms with Gasteiger partial charge in [-0.05, 0) is 6.42 Å². The summed E-state index contributed by atoms with van der Waals surface area (Å²) in [6.45, 7) is 5.06. The van der Waals surface area contributed by atoms with Crippen molar-refractivity contribution in [3.63, 3.8) is 0 Å². The van der Waals surface area contributed by atoms with Crippen molar-refractivity contribution in [3.8, 4) is 0 Å². The standard InChI is InChI=1S/C19H42NO6P/c1-5-6-7-8-9-10-11-12-14-23-16-17-24-18-19-26-27(21,22)25-15-13-20(2,3)4/h5-19H2,1-4H3/p+1. The van der Waals surface area contributed by atoms with Gasteiger partial charge in [-0.25, -0.2) is 4.57 Å². The Bertz CT molecular complexity index is 376. The van der Waals surface area contributed by atoms with Gasteiger partial charge in [0.2, 0.25) is 0 Å². The third kappa shape index (κ3) is 22.1. The molecule has 0 saturated carbocycles. The van der Waals surface area contributed by atoms with E-state index >= 15 is 0 Å². The molecule has 1 N–H and O–H groups in total. The van der Waals surface area contributed by atoms with E-state index in [1.165, 1.54) is 44.9 Å². The summed E-state index contributed by atoms with van der Waals surface area (Å²) < 4.78 is 32.9. The number of phosphoric ester groups is 1. The molecule has 0 radical (unpaired) electrons. The summed E-state index contributed by atoms with van der Waals surface area (Å²) >= 11 is 0. The van der Waals surface area contributed by atoms with Gasteiger partial charge in [-0.15, -0.1) is 0 Å². The maximum absolute atomic E-state index is 11.7. The van der Waals surface area contributed by atoms with Gasteiger partial charge in [0.05, 0.1) is 47.6 Å². The molecular weight excluding hydrogens is 369 g/mol. The van der Waals surface area contributed by atoms with Crippen LogP contribution in [0.4, 0.5) is 0 Å². The van der Waals surface area contributed by atoms with Gasteiger partial charge >= 0.3 is 7.82 Å². The third-order valence-corrected chi connectivity index (χ3v) is 5.03. The van der Waals surface area contributed by atoms with Crippen LogP contribution >= 0.6 is 7.82 Å². The number of hydrogen-bond donors (Lipinski definition) is 1. The van der Waals surface area contributed by atoms with Crippen molar-refractivity contribution in [1.82, 2.24) is 0 Å². The van der Waals surface area contributed by atoms with Gasteiger partial charge in [0.25, 0.3) is 0 Å². The molecule has 0 saturated heterocycles. The van der Waals surface area contributed by atoms with Crippen LogP contribution in [0.3, 0.4) is 0 Å². The maximum Gasteiger partial charge on any atom is 0.472 e. The minimum atomic E-state index is -3.99. The number of nitrogens with zero attached hydrogens (tertiary/aromatic N) is 1. The van der Waals surface area contributed by atoms with Crippen LogP contribution in [-0.4, -0.2) is 76.7 Å². The molecule has 0 aromatic rings. The molecular formula is C19H43NO6P+. The Labute approximate surface area is 166 Å². The molecule has 0 aliphatic rings. The highest BCUT2D eigenvalue weighted by molar-refractivity contribution is 7.47. The Kier molecular flexibility index (Phi) is 16.9. The summed E-state index contributed by atoms with van der Waals surface area (Å²) in [5.74, 6) is 0. The molecule has 0 aliphatic heterocycles. The van der Waals surface area contributed by atoms with E-state index in [-0.39, 0.29) is 19.8 Å². The van der Waals surface area contributed by atoms with Crippen LogP contribution in [0, 0.1) is 0 Å². The molecule has 164 valence electrons. The van der Waals surface area contributed by atoms with Crippen molar-refractivity contribution >= 4 is 7.82 Å². The molecule has 0 amide bonds. The predicted octanol–water partition coefficient (Wildman–Crippen LogP) is 4.00. The first-order valence-corrected chi connectivity index (χ1v) is 11.8. The van der Waals surface area contributed by atoms with Crippen molar-refractivity contribution < 1.29 is 32.5 Å². The smallest absolute Gasteiger partial charge is 0.379 e. The molecule has 0 bridgehead atoms. The lowest BCUT2D eigenvalue weighted by molar-refractivity contribution is -0.870. The number of quaternary nitrogens is 1. The molecule has 1 atom stereocenters. The lowest BCUT2D eigenvalue weighted by Crippen LogP contribution is -2.37. The minimum absolute atomic E-state index is 0.0240. The molecule has 0 fully saturated rings. The van der Waals surface area contributed by atoms with E-state index in [2.05, 4.69) is 6.92 Å². The Morgan fingerprint density at radius 2 is 1.19 bits per heavy atom. The monoisotopic (exact) mass is 412 g/mol. The highest BCUT2D eigenvalue weighted by Gasteiger charge is 2.22. The van der Waals surface area contributed by atoms with E-state index in [4.69, 9.17) is 18.5 Å². The number of phosphoric acid groups is 1. The van der Waals surface area contributed by atoms with E-state index in [9.17, 15) is 9.46 Å². The van der Waals surface area contributed by atoms with Gasteiger partial charge in [-0.1, -0.05) is 51.9 Å². The average molecular weight is 413 g/mol. The summed E-state index contributed by atoms with van der Waals surface area (Å²) in [7, 11) is 1.96. The summed E-state index contributed by atoms with van der Waals surface area (Å²) in [6, 6.07) is 0. The van der Waals surface area contributed by atoms with Crippen LogP contribution in [0.25, 0.3) is 0 Å². The lowest BCUT2D eigenvalue weighted by atomic mass is 10.1. The van der Waals surface area contributed by atoms with E-state index in [1.54, 1.807) is 0 Å². The van der Waals surface area contributed by atoms with Crippen molar-refractivity contribution in [1.29, 1.82) is 0 Å². The van der Waals surface area contributed by atoms with Crippen LogP contribution in [0.5, 0.6) is 0 Å². The molecule has 27 heavy (non-hydrogen) atoms. The van der Waals surface area contributed by atoms with Crippen LogP contribution < -0.4 is 0 Å². The Morgan fingerprint density at radius 1 is 0.704 bits per heavy atom. The van der Waals surface area contributed by atoms with Gasteiger partial charge in [-0.2, -0.15) is 0 Å². The zero-order chi connectivity index (χ0) is 20.4. The SMILES string of the molecule is CCCCCCCCCCOCCOCCOP(=O)(O)OCC[N+](C)(C)C. The fourth-order valence-electron chi connectivity index (χ4n) is 2.34. The second-order valence-corrected chi connectivity index (χ2v) is 9.30. The van der Waals surface area contributed by atoms with Crippen molar-refractivity contribution in [2.45, 2.75) is 58.3 Å². The molecule has 0 rings (SSSR count). The van der Waals surface area contributed by atoms with Crippen molar-refractivity contribution in [2.24, 2.45) is 0 Å². The molecule has 0 spiro atoms. The fraction of sp³-hybridized carbons (Fsp3) is 1.00. The normalized spacial score (nSPS) is 14.4. The Hall–Kier alpha value is -0.0100. The van der Waals surface area contributed by atoms with Gasteiger partial charge < -0.3 is 18.9 Å². The Balaban J connectivity index is 3.31. The minimum Gasteiger partial charge on any atom is -0.379 e. The van der Waals surface area contributed by atoms with Gasteiger partial charge in [-0.3, -0.25) is 9.05 Å². The van der Waals surface area contributed by atoms with E-state index in [1.807, 2.05) is 21.1 Å². The highest BCUT2D eigenvalue weighted by atomic mass is 31.2. The van der Waals surface area contributed by atoms with Crippen LogP contribution in [-0.2, 0) is 23.1 Å². The predicted molar refractivity (Wildman–Crippen MR) is 109 cm³/mol. The topological polar surface area (TPSA) is 74.2 Å². The van der Waals surface area contributed by atoms with E-state index in [0.29, 0.717) is 24.2 Å². The average Bonchev–Trinajstić information content (AvgIpc) is 2.57. The second kappa shape index (κ2) is 16.9. The summed E-state index contributed by atoms with van der Waals surface area (Å²) in [6.07, 6.45) is 10.3. The lowest BCUT2D eigenvalue weighted by Gasteiger charge is -2.24. The number of hydrogen-bond acceptors (Lipinski definition) is 5. The molecule has 0 aliphatic carbocycles. The van der Waals surface area contributed by atoms with E-state index < -0.39 is 7.82 Å². The Morgan fingerprint density at radius 3 is 1.78 bits per heavy atom. The first-order chi connectivity index (χ1) is 12.8. The zero-order valence-corrected chi connectivity index (χ0v) is 18.9. The maximum atomic E-state index is 11.7. The number of likely N-dealkylation sites (N-methyl/N-ethyl adjacent to an activating group) is 1. The molecule has 0 aromatic heterocycles. The van der Waals surface area contributed by atoms with Crippen molar-refractivity contribution in [3.05, 3.63) is 0 Å². The quantitative estimate of drug-likeness (QED) is 0.185. The molecule has 8 heteroatoms. The highest BCUT2D eigenvalue weighted by Crippen LogP contribution is 2.42. The van der Waals surface area contributed by atoms with Gasteiger partial charge in [0.1, 0.15) is 13.2 Å². The van der Waals surface area contributed by atoms with Crippen LogP contribution in [0.2, 0.25) is 0 Å². The van der Waals surface area contributed by atoms with Crippen molar-refractivity contribution in [2.75, 3.05) is 67.3 Å². The largest absolute Gasteiger partial charge is 0.472 e. The van der Waals surface area contributed by atoms with Crippen LogP contribution in [0.15, 0.2) is 0 Å². The number of rotatable bonds is 20. The molecule has 7 nitrogen and oxygen atoms in total.